The average molecular weight is 175 g/mol. The number of amides is 1. The molecule has 3 heteroatoms. The second kappa shape index (κ2) is 2.94. The maximum atomic E-state index is 10.8. The van der Waals surface area contributed by atoms with Crippen molar-refractivity contribution < 1.29 is 9.53 Å². The van der Waals surface area contributed by atoms with E-state index in [2.05, 4.69) is 0 Å². The van der Waals surface area contributed by atoms with Crippen LogP contribution in [0.5, 0.6) is 5.75 Å². The van der Waals surface area contributed by atoms with Crippen molar-refractivity contribution in [3.63, 3.8) is 0 Å². The minimum Gasteiger partial charge on any atom is -0.488 e. The minimum atomic E-state index is -0.422. The molecule has 0 aliphatic carbocycles. The molecule has 1 amide bonds. The molecule has 2 N–H and O–H groups in total. The lowest BCUT2D eigenvalue weighted by atomic mass is 10.1. The van der Waals surface area contributed by atoms with Gasteiger partial charge in [-0.1, -0.05) is 18.2 Å². The van der Waals surface area contributed by atoms with Gasteiger partial charge in [0.2, 0.25) is 5.91 Å². The summed E-state index contributed by atoms with van der Waals surface area (Å²) in [5.41, 5.74) is 6.55. The van der Waals surface area contributed by atoms with Gasteiger partial charge in [-0.3, -0.25) is 4.79 Å². The molecule has 1 aromatic carbocycles. The van der Waals surface area contributed by atoms with Gasteiger partial charge in [0.05, 0.1) is 5.57 Å². The van der Waals surface area contributed by atoms with Crippen molar-refractivity contribution in [3.8, 4) is 5.75 Å². The van der Waals surface area contributed by atoms with E-state index < -0.39 is 5.91 Å². The van der Waals surface area contributed by atoms with Gasteiger partial charge >= 0.3 is 0 Å². The topological polar surface area (TPSA) is 52.3 Å². The van der Waals surface area contributed by atoms with Crippen molar-refractivity contribution in [2.75, 3.05) is 6.61 Å². The van der Waals surface area contributed by atoms with Crippen molar-refractivity contribution in [1.82, 2.24) is 0 Å². The van der Waals surface area contributed by atoms with E-state index in [1.54, 1.807) is 6.08 Å². The molecule has 0 spiro atoms. The van der Waals surface area contributed by atoms with E-state index in [1.165, 1.54) is 0 Å². The molecule has 13 heavy (non-hydrogen) atoms. The van der Waals surface area contributed by atoms with Crippen molar-refractivity contribution in [2.24, 2.45) is 5.73 Å². The highest BCUT2D eigenvalue weighted by molar-refractivity contribution is 5.97. The molecular formula is C10H9NO2. The number of carbonyl (C=O) groups is 1. The maximum Gasteiger partial charge on any atom is 0.248 e. The van der Waals surface area contributed by atoms with Crippen LogP contribution in [0.1, 0.15) is 5.56 Å². The third-order valence-corrected chi connectivity index (χ3v) is 1.95. The number of hydrogen-bond donors (Lipinski definition) is 1. The van der Waals surface area contributed by atoms with Crippen molar-refractivity contribution in [2.45, 2.75) is 0 Å². The molecule has 1 aliphatic heterocycles. The summed E-state index contributed by atoms with van der Waals surface area (Å²) in [5.74, 6) is 0.377. The van der Waals surface area contributed by atoms with Crippen LogP contribution in [0.4, 0.5) is 0 Å². The number of fused-ring (bicyclic) bond motifs is 1. The maximum absolute atomic E-state index is 10.8. The quantitative estimate of drug-likeness (QED) is 0.690. The van der Waals surface area contributed by atoms with E-state index in [1.807, 2.05) is 24.3 Å². The molecular weight excluding hydrogens is 166 g/mol. The number of para-hydroxylation sites is 1. The fourth-order valence-corrected chi connectivity index (χ4v) is 1.26. The van der Waals surface area contributed by atoms with Crippen LogP contribution in [0.15, 0.2) is 29.8 Å². The molecule has 2 rings (SSSR count). The summed E-state index contributed by atoms with van der Waals surface area (Å²) in [6.45, 7) is 0.270. The van der Waals surface area contributed by atoms with Crippen molar-refractivity contribution in [1.29, 1.82) is 0 Å². The Labute approximate surface area is 75.8 Å². The number of carbonyl (C=O) groups excluding carboxylic acids is 1. The monoisotopic (exact) mass is 175 g/mol. The van der Waals surface area contributed by atoms with Gasteiger partial charge in [0.1, 0.15) is 12.4 Å². The fraction of sp³-hybridized carbons (Fsp3) is 0.100. The molecule has 3 nitrogen and oxygen atoms in total. The molecule has 0 bridgehead atoms. The zero-order valence-electron chi connectivity index (χ0n) is 6.99. The van der Waals surface area contributed by atoms with Gasteiger partial charge in [-0.2, -0.15) is 0 Å². The lowest BCUT2D eigenvalue weighted by molar-refractivity contribution is -0.114. The third-order valence-electron chi connectivity index (χ3n) is 1.95. The zero-order chi connectivity index (χ0) is 9.26. The van der Waals surface area contributed by atoms with E-state index in [-0.39, 0.29) is 6.61 Å². The van der Waals surface area contributed by atoms with E-state index in [0.29, 0.717) is 5.57 Å². The van der Waals surface area contributed by atoms with Crippen LogP contribution in [-0.2, 0) is 4.79 Å². The highest BCUT2D eigenvalue weighted by atomic mass is 16.5. The highest BCUT2D eigenvalue weighted by Gasteiger charge is 2.13. The van der Waals surface area contributed by atoms with Gasteiger partial charge in [0.15, 0.2) is 0 Å². The predicted molar refractivity (Wildman–Crippen MR) is 49.1 cm³/mol. The van der Waals surface area contributed by atoms with Gasteiger partial charge in [-0.15, -0.1) is 0 Å². The number of nitrogens with two attached hydrogens (primary N) is 1. The van der Waals surface area contributed by atoms with Crippen LogP contribution in [0, 0.1) is 0 Å². The number of primary amides is 1. The smallest absolute Gasteiger partial charge is 0.248 e. The summed E-state index contributed by atoms with van der Waals surface area (Å²) in [4.78, 5) is 10.8. The summed E-state index contributed by atoms with van der Waals surface area (Å²) < 4.78 is 5.33. The van der Waals surface area contributed by atoms with Crippen LogP contribution in [0.3, 0.4) is 0 Å². The van der Waals surface area contributed by atoms with Gasteiger partial charge in [0, 0.05) is 5.56 Å². The molecule has 0 fully saturated rings. The van der Waals surface area contributed by atoms with Gasteiger partial charge in [0.25, 0.3) is 0 Å². The Bertz CT molecular complexity index is 382. The molecule has 0 saturated heterocycles. The van der Waals surface area contributed by atoms with Gasteiger partial charge in [-0.05, 0) is 12.1 Å². The Morgan fingerprint density at radius 2 is 2.15 bits per heavy atom. The largest absolute Gasteiger partial charge is 0.488 e. The first-order chi connectivity index (χ1) is 6.27. The Balaban J connectivity index is 2.44. The van der Waals surface area contributed by atoms with E-state index in [4.69, 9.17) is 10.5 Å². The summed E-state index contributed by atoms with van der Waals surface area (Å²) in [6.07, 6.45) is 1.77. The number of hydrogen-bond acceptors (Lipinski definition) is 2. The minimum absolute atomic E-state index is 0.270. The van der Waals surface area contributed by atoms with Crippen molar-refractivity contribution in [3.05, 3.63) is 35.4 Å². The average Bonchev–Trinajstić information content (AvgIpc) is 2.17. The van der Waals surface area contributed by atoms with Crippen molar-refractivity contribution >= 4 is 12.0 Å². The van der Waals surface area contributed by atoms with Crippen LogP contribution < -0.4 is 10.5 Å². The van der Waals surface area contributed by atoms with Crippen LogP contribution in [-0.4, -0.2) is 12.5 Å². The van der Waals surface area contributed by atoms with E-state index >= 15 is 0 Å². The molecule has 0 saturated carbocycles. The number of rotatable bonds is 1. The lowest BCUT2D eigenvalue weighted by Crippen LogP contribution is -2.21. The van der Waals surface area contributed by atoms with Crippen LogP contribution in [0.2, 0.25) is 0 Å². The summed E-state index contributed by atoms with van der Waals surface area (Å²) in [5, 5.41) is 0. The van der Waals surface area contributed by atoms with Gasteiger partial charge in [-0.25, -0.2) is 0 Å². The standard InChI is InChI=1S/C10H9NO2/c11-10(12)8-5-7-3-1-2-4-9(7)13-6-8/h1-5H,6H2,(H2,11,12). The van der Waals surface area contributed by atoms with E-state index in [9.17, 15) is 4.79 Å². The Morgan fingerprint density at radius 3 is 2.92 bits per heavy atom. The SMILES string of the molecule is NC(=O)C1=Cc2ccccc2OC1. The third kappa shape index (κ3) is 1.40. The zero-order valence-corrected chi connectivity index (χ0v) is 6.99. The van der Waals surface area contributed by atoms with Crippen LogP contribution in [0.25, 0.3) is 6.08 Å². The summed E-state index contributed by atoms with van der Waals surface area (Å²) in [7, 11) is 0. The summed E-state index contributed by atoms with van der Waals surface area (Å²) >= 11 is 0. The Kier molecular flexibility index (Phi) is 1.77. The molecule has 66 valence electrons. The molecule has 0 aromatic heterocycles. The Hall–Kier alpha value is -1.77. The predicted octanol–water partition coefficient (Wildman–Crippen LogP) is 0.948. The molecule has 1 heterocycles. The molecule has 1 aromatic rings. The normalized spacial score (nSPS) is 14.0. The molecule has 1 aliphatic rings. The first-order valence-electron chi connectivity index (χ1n) is 3.99. The Morgan fingerprint density at radius 1 is 1.38 bits per heavy atom. The first-order valence-corrected chi connectivity index (χ1v) is 3.99. The van der Waals surface area contributed by atoms with Crippen LogP contribution >= 0.6 is 0 Å². The second-order valence-corrected chi connectivity index (χ2v) is 2.86. The number of ether oxygens (including phenoxy) is 1. The molecule has 0 radical (unpaired) electrons. The molecule has 0 unspecified atom stereocenters. The fourth-order valence-electron chi connectivity index (χ4n) is 1.26. The second-order valence-electron chi connectivity index (χ2n) is 2.86. The van der Waals surface area contributed by atoms with Gasteiger partial charge < -0.3 is 10.5 Å². The lowest BCUT2D eigenvalue weighted by Gasteiger charge is -2.15. The first kappa shape index (κ1) is 7.86. The molecule has 0 atom stereocenters. The highest BCUT2D eigenvalue weighted by Crippen LogP contribution is 2.25. The number of benzene rings is 1. The van der Waals surface area contributed by atoms with E-state index in [0.717, 1.165) is 11.3 Å². The summed E-state index contributed by atoms with van der Waals surface area (Å²) in [6, 6.07) is 7.53.